The number of nitrogens with zero attached hydrogens (tertiary/aromatic N) is 2. The normalized spacial score (nSPS) is 28.1. The van der Waals surface area contributed by atoms with Crippen LogP contribution in [0.25, 0.3) is 0 Å². The Labute approximate surface area is 109 Å². The highest BCUT2D eigenvalue weighted by molar-refractivity contribution is 5.38. The lowest BCUT2D eigenvalue weighted by Crippen LogP contribution is -2.45. The Balaban J connectivity index is 2.09. The first-order valence-corrected chi connectivity index (χ1v) is 6.87. The number of hydrogen-bond acceptors (Lipinski definition) is 4. The molecule has 1 aromatic heterocycles. The third-order valence-electron chi connectivity index (χ3n) is 4.01. The highest BCUT2D eigenvalue weighted by Gasteiger charge is 2.33. The van der Waals surface area contributed by atoms with Crippen LogP contribution in [0, 0.1) is 5.92 Å². The molecule has 0 atom stereocenters. The minimum absolute atomic E-state index is 0.172. The number of aliphatic hydroxyl groups excluding tert-OH is 1. The van der Waals surface area contributed by atoms with Crippen molar-refractivity contribution in [2.75, 3.05) is 11.9 Å². The molecule has 0 aliphatic heterocycles. The fourth-order valence-electron chi connectivity index (χ4n) is 2.57. The fraction of sp³-hybridized carbons (Fsp3) is 0.714. The molecule has 18 heavy (non-hydrogen) atoms. The van der Waals surface area contributed by atoms with Gasteiger partial charge in [-0.3, -0.25) is 0 Å². The van der Waals surface area contributed by atoms with Crippen LogP contribution in [-0.2, 0) is 6.42 Å². The smallest absolute Gasteiger partial charge is 0.130 e. The predicted octanol–water partition coefficient (Wildman–Crippen LogP) is 2.39. The van der Waals surface area contributed by atoms with Gasteiger partial charge >= 0.3 is 0 Å². The van der Waals surface area contributed by atoms with Gasteiger partial charge in [-0.15, -0.1) is 0 Å². The second-order valence-electron chi connectivity index (χ2n) is 5.49. The fourth-order valence-corrected chi connectivity index (χ4v) is 2.57. The third-order valence-corrected chi connectivity index (χ3v) is 4.01. The summed E-state index contributed by atoms with van der Waals surface area (Å²) in [6.07, 6.45) is 6.85. The predicted molar refractivity (Wildman–Crippen MR) is 72.5 cm³/mol. The van der Waals surface area contributed by atoms with Gasteiger partial charge in [-0.1, -0.05) is 13.8 Å². The van der Waals surface area contributed by atoms with E-state index >= 15 is 0 Å². The van der Waals surface area contributed by atoms with Crippen LogP contribution in [0.4, 0.5) is 5.82 Å². The summed E-state index contributed by atoms with van der Waals surface area (Å²) < 4.78 is 0. The molecule has 1 saturated carbocycles. The zero-order valence-electron chi connectivity index (χ0n) is 11.3. The van der Waals surface area contributed by atoms with E-state index in [0.29, 0.717) is 0 Å². The molecule has 0 radical (unpaired) electrons. The summed E-state index contributed by atoms with van der Waals surface area (Å²) in [6, 6.07) is 1.98. The lowest BCUT2D eigenvalue weighted by molar-refractivity contribution is 0.155. The Morgan fingerprint density at radius 1 is 1.39 bits per heavy atom. The van der Waals surface area contributed by atoms with E-state index < -0.39 is 0 Å². The molecule has 2 rings (SSSR count). The maximum absolute atomic E-state index is 9.71. The van der Waals surface area contributed by atoms with Gasteiger partial charge in [-0.2, -0.15) is 0 Å². The van der Waals surface area contributed by atoms with E-state index in [0.717, 1.165) is 36.7 Å². The molecule has 0 saturated heterocycles. The van der Waals surface area contributed by atoms with Crippen molar-refractivity contribution in [2.24, 2.45) is 5.92 Å². The largest absolute Gasteiger partial charge is 0.394 e. The van der Waals surface area contributed by atoms with Crippen molar-refractivity contribution in [2.45, 2.75) is 51.5 Å². The number of aromatic nitrogens is 2. The quantitative estimate of drug-likeness (QED) is 0.860. The highest BCUT2D eigenvalue weighted by Crippen LogP contribution is 2.33. The molecule has 0 amide bonds. The van der Waals surface area contributed by atoms with Crippen molar-refractivity contribution in [3.8, 4) is 0 Å². The standard InChI is InChI=1S/C14H23N3O/c1-3-12-8-13(16-10-15-12)17-14(9-18)6-4-11(2)5-7-14/h8,10-11,18H,3-7,9H2,1-2H3,(H,15,16,17). The Kier molecular flexibility index (Phi) is 4.17. The SMILES string of the molecule is CCc1cc(NC2(CO)CCC(C)CC2)ncn1. The minimum atomic E-state index is -0.189. The molecule has 0 unspecified atom stereocenters. The van der Waals surface area contributed by atoms with E-state index in [1.54, 1.807) is 6.33 Å². The number of rotatable bonds is 4. The van der Waals surface area contributed by atoms with Gasteiger partial charge in [0.05, 0.1) is 12.1 Å². The molecule has 1 aliphatic rings. The average molecular weight is 249 g/mol. The van der Waals surface area contributed by atoms with Crippen LogP contribution in [0.3, 0.4) is 0 Å². The van der Waals surface area contributed by atoms with Crippen LogP contribution in [0.15, 0.2) is 12.4 Å². The summed E-state index contributed by atoms with van der Waals surface area (Å²) >= 11 is 0. The Morgan fingerprint density at radius 2 is 2.11 bits per heavy atom. The van der Waals surface area contributed by atoms with Gasteiger partial charge in [0.25, 0.3) is 0 Å². The monoisotopic (exact) mass is 249 g/mol. The third kappa shape index (κ3) is 2.99. The Morgan fingerprint density at radius 3 is 2.72 bits per heavy atom. The summed E-state index contributed by atoms with van der Waals surface area (Å²) in [7, 11) is 0. The first-order chi connectivity index (χ1) is 8.67. The van der Waals surface area contributed by atoms with Gasteiger partial charge in [-0.05, 0) is 38.0 Å². The molecule has 1 aliphatic carbocycles. The van der Waals surface area contributed by atoms with Crippen molar-refractivity contribution < 1.29 is 5.11 Å². The maximum atomic E-state index is 9.71. The van der Waals surface area contributed by atoms with Crippen LogP contribution >= 0.6 is 0 Å². The van der Waals surface area contributed by atoms with Crippen LogP contribution in [-0.4, -0.2) is 27.2 Å². The molecule has 0 bridgehead atoms. The number of nitrogens with one attached hydrogen (secondary N) is 1. The average Bonchev–Trinajstić information content (AvgIpc) is 2.42. The van der Waals surface area contributed by atoms with Crippen molar-refractivity contribution in [3.05, 3.63) is 18.1 Å². The van der Waals surface area contributed by atoms with E-state index in [1.807, 2.05) is 6.07 Å². The zero-order chi connectivity index (χ0) is 13.0. The molecule has 4 nitrogen and oxygen atoms in total. The van der Waals surface area contributed by atoms with E-state index in [4.69, 9.17) is 0 Å². The van der Waals surface area contributed by atoms with Crippen LogP contribution < -0.4 is 5.32 Å². The molecular formula is C14H23N3O. The first kappa shape index (κ1) is 13.3. The van der Waals surface area contributed by atoms with Gasteiger partial charge in [0.1, 0.15) is 12.1 Å². The van der Waals surface area contributed by atoms with E-state index in [2.05, 4.69) is 29.1 Å². The van der Waals surface area contributed by atoms with E-state index in [1.165, 1.54) is 12.8 Å². The second kappa shape index (κ2) is 5.65. The zero-order valence-corrected chi connectivity index (χ0v) is 11.3. The van der Waals surface area contributed by atoms with Crippen molar-refractivity contribution in [1.82, 2.24) is 9.97 Å². The maximum Gasteiger partial charge on any atom is 0.130 e. The molecule has 1 fully saturated rings. The highest BCUT2D eigenvalue weighted by atomic mass is 16.3. The summed E-state index contributed by atoms with van der Waals surface area (Å²) in [4.78, 5) is 8.46. The topological polar surface area (TPSA) is 58.0 Å². The summed E-state index contributed by atoms with van der Waals surface area (Å²) in [5, 5.41) is 13.1. The van der Waals surface area contributed by atoms with Gasteiger partial charge in [-0.25, -0.2) is 9.97 Å². The second-order valence-corrected chi connectivity index (χ2v) is 5.49. The Bertz CT molecular complexity index is 386. The number of aryl methyl sites for hydroxylation is 1. The molecule has 2 N–H and O–H groups in total. The van der Waals surface area contributed by atoms with Gasteiger partial charge in [0.15, 0.2) is 0 Å². The number of anilines is 1. The Hall–Kier alpha value is -1.16. The van der Waals surface area contributed by atoms with Gasteiger partial charge < -0.3 is 10.4 Å². The summed E-state index contributed by atoms with van der Waals surface area (Å²) in [5.74, 6) is 1.61. The van der Waals surface area contributed by atoms with E-state index in [9.17, 15) is 5.11 Å². The summed E-state index contributed by atoms with van der Waals surface area (Å²) in [6.45, 7) is 4.53. The molecule has 0 spiro atoms. The first-order valence-electron chi connectivity index (χ1n) is 6.87. The lowest BCUT2D eigenvalue weighted by Gasteiger charge is -2.39. The lowest BCUT2D eigenvalue weighted by atomic mass is 9.77. The van der Waals surface area contributed by atoms with Crippen LogP contribution in [0.5, 0.6) is 0 Å². The molecule has 1 heterocycles. The summed E-state index contributed by atoms with van der Waals surface area (Å²) in [5.41, 5.74) is 0.844. The van der Waals surface area contributed by atoms with Gasteiger partial charge in [0.2, 0.25) is 0 Å². The molecule has 100 valence electrons. The molecule has 0 aromatic carbocycles. The van der Waals surface area contributed by atoms with Crippen molar-refractivity contribution in [3.63, 3.8) is 0 Å². The molecule has 1 aromatic rings. The number of hydrogen-bond donors (Lipinski definition) is 2. The molecule has 4 heteroatoms. The molecular weight excluding hydrogens is 226 g/mol. The van der Waals surface area contributed by atoms with Crippen molar-refractivity contribution in [1.29, 1.82) is 0 Å². The minimum Gasteiger partial charge on any atom is -0.394 e. The van der Waals surface area contributed by atoms with E-state index in [-0.39, 0.29) is 12.1 Å². The number of aliphatic hydroxyl groups is 1. The van der Waals surface area contributed by atoms with Gasteiger partial charge in [0, 0.05) is 11.8 Å². The van der Waals surface area contributed by atoms with Crippen LogP contribution in [0.2, 0.25) is 0 Å². The van der Waals surface area contributed by atoms with Crippen molar-refractivity contribution >= 4 is 5.82 Å². The van der Waals surface area contributed by atoms with Crippen LogP contribution in [0.1, 0.15) is 45.2 Å².